The van der Waals surface area contributed by atoms with E-state index >= 15 is 0 Å². The van der Waals surface area contributed by atoms with Crippen molar-refractivity contribution in [1.29, 1.82) is 0 Å². The van der Waals surface area contributed by atoms with E-state index in [0.29, 0.717) is 30.3 Å². The maximum atomic E-state index is 11.4. The first-order valence-electron chi connectivity index (χ1n) is 5.28. The molecule has 1 heterocycles. The van der Waals surface area contributed by atoms with Crippen molar-refractivity contribution in [1.82, 2.24) is 0 Å². The standard InChI is InChI=1S/C12H12O5/c1-7-8(10(13)12(14)15)3-4-9-11(7)17-6-2-5-16-9/h3-4H,2,5-6H2,1H3,(H,14,15). The van der Waals surface area contributed by atoms with Gasteiger partial charge < -0.3 is 14.6 Å². The van der Waals surface area contributed by atoms with Gasteiger partial charge in [-0.3, -0.25) is 4.79 Å². The number of Topliss-reactive ketones (excluding diaryl/α,β-unsaturated/α-hetero) is 1. The summed E-state index contributed by atoms with van der Waals surface area (Å²) in [5.74, 6) is -1.38. The van der Waals surface area contributed by atoms with Crippen LogP contribution in [0.2, 0.25) is 0 Å². The van der Waals surface area contributed by atoms with Crippen LogP contribution in [0, 0.1) is 6.92 Å². The van der Waals surface area contributed by atoms with Gasteiger partial charge in [-0.15, -0.1) is 0 Å². The number of benzene rings is 1. The van der Waals surface area contributed by atoms with Crippen LogP contribution in [0.1, 0.15) is 22.3 Å². The van der Waals surface area contributed by atoms with Crippen molar-refractivity contribution in [3.05, 3.63) is 23.3 Å². The number of rotatable bonds is 2. The summed E-state index contributed by atoms with van der Waals surface area (Å²) in [6.07, 6.45) is 0.760. The smallest absolute Gasteiger partial charge is 0.377 e. The van der Waals surface area contributed by atoms with Crippen molar-refractivity contribution in [3.8, 4) is 11.5 Å². The van der Waals surface area contributed by atoms with Gasteiger partial charge in [-0.2, -0.15) is 0 Å². The van der Waals surface area contributed by atoms with Gasteiger partial charge in [0.05, 0.1) is 13.2 Å². The topological polar surface area (TPSA) is 72.8 Å². The molecule has 1 N–H and O–H groups in total. The summed E-state index contributed by atoms with van der Waals surface area (Å²) in [6, 6.07) is 3.03. The molecule has 0 radical (unpaired) electrons. The Bertz CT molecular complexity index is 478. The molecule has 0 unspecified atom stereocenters. The summed E-state index contributed by atoms with van der Waals surface area (Å²) in [4.78, 5) is 22.1. The Morgan fingerprint density at radius 3 is 2.65 bits per heavy atom. The van der Waals surface area contributed by atoms with Gasteiger partial charge in [0.25, 0.3) is 5.78 Å². The van der Waals surface area contributed by atoms with Crippen LogP contribution in [0.3, 0.4) is 0 Å². The molecule has 0 aliphatic carbocycles. The third-order valence-electron chi connectivity index (χ3n) is 2.60. The van der Waals surface area contributed by atoms with Gasteiger partial charge in [-0.1, -0.05) is 0 Å². The summed E-state index contributed by atoms with van der Waals surface area (Å²) in [5, 5.41) is 8.70. The molecule has 5 heteroatoms. The van der Waals surface area contributed by atoms with Gasteiger partial charge in [-0.25, -0.2) is 4.79 Å². The Morgan fingerprint density at radius 2 is 1.94 bits per heavy atom. The number of aliphatic carboxylic acids is 1. The molecule has 5 nitrogen and oxygen atoms in total. The Labute approximate surface area is 98.0 Å². The Balaban J connectivity index is 2.48. The van der Waals surface area contributed by atoms with Gasteiger partial charge in [0.15, 0.2) is 11.5 Å². The second kappa shape index (κ2) is 4.45. The number of carbonyl (C=O) groups is 2. The minimum atomic E-state index is -1.47. The molecule has 2 rings (SSSR count). The summed E-state index contributed by atoms with van der Waals surface area (Å²) in [7, 11) is 0. The van der Waals surface area contributed by atoms with Gasteiger partial charge in [0.1, 0.15) is 0 Å². The van der Waals surface area contributed by atoms with Crippen LogP contribution in [0.15, 0.2) is 12.1 Å². The lowest BCUT2D eigenvalue weighted by Gasteiger charge is -2.12. The molecule has 1 aromatic carbocycles. The second-order valence-corrected chi connectivity index (χ2v) is 3.75. The predicted octanol–water partition coefficient (Wildman–Crippen LogP) is 1.42. The molecular formula is C12H12O5. The molecule has 0 aromatic heterocycles. The van der Waals surface area contributed by atoms with Crippen LogP contribution in [0.4, 0.5) is 0 Å². The number of hydrogen-bond acceptors (Lipinski definition) is 4. The molecule has 1 aliphatic heterocycles. The van der Waals surface area contributed by atoms with Gasteiger partial charge >= 0.3 is 5.97 Å². The number of fused-ring (bicyclic) bond motifs is 1. The highest BCUT2D eigenvalue weighted by Gasteiger charge is 2.22. The predicted molar refractivity (Wildman–Crippen MR) is 58.8 cm³/mol. The molecule has 0 fully saturated rings. The molecule has 0 amide bonds. The van der Waals surface area contributed by atoms with Crippen molar-refractivity contribution in [2.45, 2.75) is 13.3 Å². The summed E-state index contributed by atoms with van der Waals surface area (Å²) < 4.78 is 10.9. The Morgan fingerprint density at radius 1 is 1.24 bits per heavy atom. The van der Waals surface area contributed by atoms with Gasteiger partial charge in [0, 0.05) is 17.5 Å². The fraction of sp³-hybridized carbons (Fsp3) is 0.333. The minimum Gasteiger partial charge on any atom is -0.490 e. The molecule has 0 bridgehead atoms. The molecule has 0 saturated carbocycles. The lowest BCUT2D eigenvalue weighted by molar-refractivity contribution is -0.131. The van der Waals surface area contributed by atoms with E-state index in [4.69, 9.17) is 14.6 Å². The first kappa shape index (κ1) is 11.4. The highest BCUT2D eigenvalue weighted by atomic mass is 16.5. The highest BCUT2D eigenvalue weighted by molar-refractivity contribution is 6.40. The van der Waals surface area contributed by atoms with Crippen molar-refractivity contribution < 1.29 is 24.2 Å². The fourth-order valence-electron chi connectivity index (χ4n) is 1.74. The number of carboxylic acid groups (broad SMARTS) is 1. The zero-order valence-corrected chi connectivity index (χ0v) is 9.36. The molecule has 1 aliphatic rings. The van der Waals surface area contributed by atoms with Crippen LogP contribution in [0.5, 0.6) is 11.5 Å². The molecule has 0 atom stereocenters. The van der Waals surface area contributed by atoms with Crippen LogP contribution in [-0.4, -0.2) is 30.1 Å². The molecule has 1 aromatic rings. The zero-order valence-electron chi connectivity index (χ0n) is 9.36. The molecule has 90 valence electrons. The first-order valence-corrected chi connectivity index (χ1v) is 5.28. The van der Waals surface area contributed by atoms with Crippen LogP contribution >= 0.6 is 0 Å². The third kappa shape index (κ3) is 2.08. The lowest BCUT2D eigenvalue weighted by Crippen LogP contribution is -2.14. The molecule has 17 heavy (non-hydrogen) atoms. The van der Waals surface area contributed by atoms with E-state index in [9.17, 15) is 9.59 Å². The normalized spacial score (nSPS) is 13.9. The Kier molecular flexibility index (Phi) is 2.99. The lowest BCUT2D eigenvalue weighted by atomic mass is 10.0. The monoisotopic (exact) mass is 236 g/mol. The van der Waals surface area contributed by atoms with E-state index < -0.39 is 11.8 Å². The third-order valence-corrected chi connectivity index (χ3v) is 2.60. The van der Waals surface area contributed by atoms with Crippen molar-refractivity contribution in [2.24, 2.45) is 0 Å². The first-order chi connectivity index (χ1) is 8.11. The molecule has 0 spiro atoms. The largest absolute Gasteiger partial charge is 0.490 e. The van der Waals surface area contributed by atoms with Crippen LogP contribution in [0.25, 0.3) is 0 Å². The summed E-state index contributed by atoms with van der Waals surface area (Å²) >= 11 is 0. The van der Waals surface area contributed by atoms with Gasteiger partial charge in [0.2, 0.25) is 0 Å². The summed E-state index contributed by atoms with van der Waals surface area (Å²) in [5.41, 5.74) is 0.651. The summed E-state index contributed by atoms with van der Waals surface area (Å²) in [6.45, 7) is 2.71. The second-order valence-electron chi connectivity index (χ2n) is 3.75. The van der Waals surface area contributed by atoms with Crippen LogP contribution in [-0.2, 0) is 4.79 Å². The maximum Gasteiger partial charge on any atom is 0.377 e. The van der Waals surface area contributed by atoms with E-state index in [-0.39, 0.29) is 5.56 Å². The van der Waals surface area contributed by atoms with Crippen molar-refractivity contribution in [2.75, 3.05) is 13.2 Å². The average molecular weight is 236 g/mol. The van der Waals surface area contributed by atoms with E-state index in [2.05, 4.69) is 0 Å². The number of hydrogen-bond donors (Lipinski definition) is 1. The van der Waals surface area contributed by atoms with Crippen LogP contribution < -0.4 is 9.47 Å². The van der Waals surface area contributed by atoms with Crippen molar-refractivity contribution >= 4 is 11.8 Å². The van der Waals surface area contributed by atoms with E-state index in [1.165, 1.54) is 6.07 Å². The van der Waals surface area contributed by atoms with E-state index in [0.717, 1.165) is 6.42 Å². The number of ketones is 1. The molecule has 0 saturated heterocycles. The minimum absolute atomic E-state index is 0.141. The highest BCUT2D eigenvalue weighted by Crippen LogP contribution is 2.35. The van der Waals surface area contributed by atoms with Gasteiger partial charge in [-0.05, 0) is 19.1 Å². The Hall–Kier alpha value is -2.04. The molecular weight excluding hydrogens is 224 g/mol. The number of carboxylic acids is 1. The maximum absolute atomic E-state index is 11.4. The van der Waals surface area contributed by atoms with E-state index in [1.807, 2.05) is 0 Å². The average Bonchev–Trinajstić information content (AvgIpc) is 2.54. The number of carbonyl (C=O) groups excluding carboxylic acids is 1. The quantitative estimate of drug-likeness (QED) is 0.621. The SMILES string of the molecule is Cc1c(C(=O)C(=O)O)ccc2c1OCCCO2. The van der Waals surface area contributed by atoms with Crippen molar-refractivity contribution in [3.63, 3.8) is 0 Å². The van der Waals surface area contributed by atoms with E-state index in [1.54, 1.807) is 13.0 Å². The fourth-order valence-corrected chi connectivity index (χ4v) is 1.74. The number of ether oxygens (including phenoxy) is 2. The zero-order chi connectivity index (χ0) is 12.4.